The predicted octanol–water partition coefficient (Wildman–Crippen LogP) is 3.73. The van der Waals surface area contributed by atoms with Crippen molar-refractivity contribution < 1.29 is 4.79 Å². The van der Waals surface area contributed by atoms with Gasteiger partial charge in [-0.25, -0.2) is 5.43 Å². The van der Waals surface area contributed by atoms with Gasteiger partial charge in [0.15, 0.2) is 0 Å². The number of H-pyrrole nitrogens is 1. The molecule has 4 rings (SSSR count). The van der Waals surface area contributed by atoms with Gasteiger partial charge in [-0.1, -0.05) is 48.5 Å². The topological polar surface area (TPSA) is 57.2 Å². The van der Waals surface area contributed by atoms with Crippen molar-refractivity contribution in [2.75, 3.05) is 0 Å². The van der Waals surface area contributed by atoms with Gasteiger partial charge in [-0.05, 0) is 30.9 Å². The number of hydrogen-bond acceptors (Lipinski definition) is 2. The largest absolute Gasteiger partial charge is 0.358 e. The molecule has 1 saturated carbocycles. The number of rotatable bonds is 4. The minimum atomic E-state index is -0.00222. The number of amides is 1. The molecular formula is C20H19N3O. The molecule has 0 spiro atoms. The zero-order chi connectivity index (χ0) is 16.5. The summed E-state index contributed by atoms with van der Waals surface area (Å²) in [6.45, 7) is 2.01. The first-order valence-corrected chi connectivity index (χ1v) is 8.19. The summed E-state index contributed by atoms with van der Waals surface area (Å²) in [4.78, 5) is 15.6. The molecule has 1 aliphatic rings. The van der Waals surface area contributed by atoms with Gasteiger partial charge < -0.3 is 4.98 Å². The molecular weight excluding hydrogens is 298 g/mol. The van der Waals surface area contributed by atoms with E-state index in [1.54, 1.807) is 6.21 Å². The molecule has 0 saturated heterocycles. The van der Waals surface area contributed by atoms with Crippen LogP contribution in [0.3, 0.4) is 0 Å². The van der Waals surface area contributed by atoms with Crippen LogP contribution >= 0.6 is 0 Å². The van der Waals surface area contributed by atoms with Crippen LogP contribution in [0.15, 0.2) is 59.7 Å². The maximum absolute atomic E-state index is 12.2. The van der Waals surface area contributed by atoms with Crippen molar-refractivity contribution >= 4 is 23.0 Å². The second-order valence-corrected chi connectivity index (χ2v) is 6.30. The van der Waals surface area contributed by atoms with Crippen LogP contribution in [-0.4, -0.2) is 17.1 Å². The molecule has 1 aromatic heterocycles. The molecule has 2 aromatic carbocycles. The zero-order valence-electron chi connectivity index (χ0n) is 13.5. The average Bonchev–Trinajstić information content (AvgIpc) is 3.35. The molecule has 120 valence electrons. The van der Waals surface area contributed by atoms with Crippen LogP contribution in [0.2, 0.25) is 0 Å². The summed E-state index contributed by atoms with van der Waals surface area (Å²) < 4.78 is 0. The fourth-order valence-electron chi connectivity index (χ4n) is 3.26. The van der Waals surface area contributed by atoms with Crippen molar-refractivity contribution in [1.29, 1.82) is 0 Å². The van der Waals surface area contributed by atoms with Crippen LogP contribution in [0.5, 0.6) is 0 Å². The second kappa shape index (κ2) is 5.96. The van der Waals surface area contributed by atoms with Crippen molar-refractivity contribution in [3.8, 4) is 0 Å². The monoisotopic (exact) mass is 317 g/mol. The first kappa shape index (κ1) is 14.7. The summed E-state index contributed by atoms with van der Waals surface area (Å²) >= 11 is 0. The van der Waals surface area contributed by atoms with Crippen molar-refractivity contribution in [2.45, 2.75) is 19.3 Å². The Morgan fingerprint density at radius 3 is 2.75 bits per heavy atom. The highest BCUT2D eigenvalue weighted by molar-refractivity contribution is 6.00. The van der Waals surface area contributed by atoms with Crippen LogP contribution in [0.25, 0.3) is 10.9 Å². The number of para-hydroxylation sites is 1. The SMILES string of the molecule is Cc1[nH]c2ccccc2c1/C=N/NC(=O)C1CC1c1ccccc1. The van der Waals surface area contributed by atoms with Gasteiger partial charge in [0.25, 0.3) is 0 Å². The standard InChI is InChI=1S/C20H19N3O/c1-13-18(15-9-5-6-10-19(15)22-13)12-21-23-20(24)17-11-16(17)14-7-3-2-4-8-14/h2-10,12,16-17,22H,11H2,1H3,(H,23,24)/b21-12+. The highest BCUT2D eigenvalue weighted by Gasteiger charge is 2.43. The molecule has 1 amide bonds. The number of benzene rings is 2. The summed E-state index contributed by atoms with van der Waals surface area (Å²) in [5.74, 6) is 0.363. The van der Waals surface area contributed by atoms with E-state index < -0.39 is 0 Å². The van der Waals surface area contributed by atoms with Gasteiger partial charge in [-0.3, -0.25) is 4.79 Å². The first-order chi connectivity index (χ1) is 11.7. The van der Waals surface area contributed by atoms with Crippen molar-refractivity contribution in [2.24, 2.45) is 11.0 Å². The minimum Gasteiger partial charge on any atom is -0.358 e. The maximum Gasteiger partial charge on any atom is 0.243 e. The van der Waals surface area contributed by atoms with Gasteiger partial charge in [-0.15, -0.1) is 0 Å². The third kappa shape index (κ3) is 2.71. The van der Waals surface area contributed by atoms with Crippen molar-refractivity contribution in [1.82, 2.24) is 10.4 Å². The number of nitrogens with one attached hydrogen (secondary N) is 2. The van der Waals surface area contributed by atoms with Gasteiger partial charge >= 0.3 is 0 Å². The molecule has 4 heteroatoms. The van der Waals surface area contributed by atoms with Gasteiger partial charge in [0.05, 0.1) is 6.21 Å². The molecule has 1 heterocycles. The van der Waals surface area contributed by atoms with Crippen LogP contribution < -0.4 is 5.43 Å². The minimum absolute atomic E-state index is 0.00222. The van der Waals surface area contributed by atoms with E-state index >= 15 is 0 Å². The Kier molecular flexibility index (Phi) is 3.65. The van der Waals surface area contributed by atoms with E-state index in [9.17, 15) is 4.79 Å². The molecule has 0 bridgehead atoms. The van der Waals surface area contributed by atoms with E-state index in [0.29, 0.717) is 5.92 Å². The highest BCUT2D eigenvalue weighted by Crippen LogP contribution is 2.47. The summed E-state index contributed by atoms with van der Waals surface area (Å²) in [5.41, 5.74) is 7.06. The zero-order valence-corrected chi connectivity index (χ0v) is 13.5. The van der Waals surface area contributed by atoms with Crippen molar-refractivity contribution in [3.63, 3.8) is 0 Å². The number of aromatic amines is 1. The van der Waals surface area contributed by atoms with Gasteiger partial charge in [0, 0.05) is 28.1 Å². The van der Waals surface area contributed by atoms with E-state index in [1.807, 2.05) is 49.4 Å². The summed E-state index contributed by atoms with van der Waals surface area (Å²) in [7, 11) is 0. The number of hydrogen-bond donors (Lipinski definition) is 2. The third-order valence-corrected chi connectivity index (χ3v) is 4.67. The van der Waals surface area contributed by atoms with Crippen LogP contribution in [0, 0.1) is 12.8 Å². The van der Waals surface area contributed by atoms with Crippen molar-refractivity contribution in [3.05, 3.63) is 71.4 Å². The lowest BCUT2D eigenvalue weighted by Crippen LogP contribution is -2.20. The molecule has 2 unspecified atom stereocenters. The number of hydrazone groups is 1. The average molecular weight is 317 g/mol. The molecule has 2 N–H and O–H groups in total. The molecule has 0 aliphatic heterocycles. The lowest BCUT2D eigenvalue weighted by atomic mass is 10.1. The molecule has 4 nitrogen and oxygen atoms in total. The molecule has 3 aromatic rings. The number of nitrogens with zero attached hydrogens (tertiary/aromatic N) is 1. The Hall–Kier alpha value is -2.88. The molecule has 24 heavy (non-hydrogen) atoms. The normalized spacial score (nSPS) is 19.7. The Labute approximate surface area is 140 Å². The van der Waals surface area contributed by atoms with Gasteiger partial charge in [-0.2, -0.15) is 5.10 Å². The molecule has 1 aliphatic carbocycles. The number of aromatic nitrogens is 1. The quantitative estimate of drug-likeness (QED) is 0.559. The number of fused-ring (bicyclic) bond motifs is 1. The third-order valence-electron chi connectivity index (χ3n) is 4.67. The Morgan fingerprint density at radius 1 is 1.17 bits per heavy atom. The van der Waals surface area contributed by atoms with E-state index in [2.05, 4.69) is 27.6 Å². The highest BCUT2D eigenvalue weighted by atomic mass is 16.2. The number of carbonyl (C=O) groups is 1. The van der Waals surface area contributed by atoms with E-state index in [1.165, 1.54) is 5.56 Å². The summed E-state index contributed by atoms with van der Waals surface area (Å²) in [6.07, 6.45) is 2.63. The van der Waals surface area contributed by atoms with E-state index in [0.717, 1.165) is 28.6 Å². The van der Waals surface area contributed by atoms with Gasteiger partial charge in [0.2, 0.25) is 5.91 Å². The summed E-state index contributed by atoms with van der Waals surface area (Å²) in [5, 5.41) is 5.28. The lowest BCUT2D eigenvalue weighted by molar-refractivity contribution is -0.122. The second-order valence-electron chi connectivity index (χ2n) is 6.30. The summed E-state index contributed by atoms with van der Waals surface area (Å²) in [6, 6.07) is 18.3. The Morgan fingerprint density at radius 2 is 1.92 bits per heavy atom. The Bertz CT molecular complexity index is 911. The lowest BCUT2D eigenvalue weighted by Gasteiger charge is -2.00. The van der Waals surface area contributed by atoms with Crippen LogP contribution in [-0.2, 0) is 4.79 Å². The maximum atomic E-state index is 12.2. The number of aryl methyl sites for hydroxylation is 1. The van der Waals surface area contributed by atoms with E-state index in [-0.39, 0.29) is 11.8 Å². The Balaban J connectivity index is 1.43. The van der Waals surface area contributed by atoms with Crippen LogP contribution in [0.4, 0.5) is 0 Å². The molecule has 0 radical (unpaired) electrons. The fourth-order valence-corrected chi connectivity index (χ4v) is 3.26. The van der Waals surface area contributed by atoms with Gasteiger partial charge in [0.1, 0.15) is 0 Å². The molecule has 2 atom stereocenters. The van der Waals surface area contributed by atoms with E-state index in [4.69, 9.17) is 0 Å². The first-order valence-electron chi connectivity index (χ1n) is 8.19. The molecule has 1 fully saturated rings. The van der Waals surface area contributed by atoms with Crippen LogP contribution in [0.1, 0.15) is 29.2 Å². The fraction of sp³-hybridized carbons (Fsp3) is 0.200. The predicted molar refractivity (Wildman–Crippen MR) is 96.1 cm³/mol. The smallest absolute Gasteiger partial charge is 0.243 e. The number of carbonyl (C=O) groups excluding carboxylic acids is 1.